The number of nitrogens with one attached hydrogen (secondary N) is 1. The Morgan fingerprint density at radius 2 is 1.71 bits per heavy atom. The van der Waals surface area contributed by atoms with E-state index in [9.17, 15) is 19.2 Å². The zero-order valence-corrected chi connectivity index (χ0v) is 18.4. The van der Waals surface area contributed by atoms with E-state index in [2.05, 4.69) is 10.3 Å². The molecule has 2 heterocycles. The van der Waals surface area contributed by atoms with Crippen LogP contribution in [0, 0.1) is 6.92 Å². The Morgan fingerprint density at radius 3 is 2.41 bits per heavy atom. The van der Waals surface area contributed by atoms with Crippen LogP contribution in [0.5, 0.6) is 0 Å². The first-order chi connectivity index (χ1) is 16.4. The van der Waals surface area contributed by atoms with Gasteiger partial charge in [-0.2, -0.15) is 0 Å². The summed E-state index contributed by atoms with van der Waals surface area (Å²) in [5.74, 6) is -2.14. The van der Waals surface area contributed by atoms with Crippen molar-refractivity contribution in [2.75, 3.05) is 0 Å². The zero-order valence-electron chi connectivity index (χ0n) is 18.4. The van der Waals surface area contributed by atoms with E-state index in [-0.39, 0.29) is 30.7 Å². The number of carbonyl (C=O) groups is 3. The Morgan fingerprint density at radius 1 is 1.03 bits per heavy atom. The summed E-state index contributed by atoms with van der Waals surface area (Å²) in [4.78, 5) is 56.9. The van der Waals surface area contributed by atoms with Crippen molar-refractivity contribution in [1.29, 1.82) is 0 Å². The van der Waals surface area contributed by atoms with Crippen molar-refractivity contribution in [2.24, 2.45) is 0 Å². The highest BCUT2D eigenvalue weighted by molar-refractivity contribution is 6.13. The van der Waals surface area contributed by atoms with Gasteiger partial charge in [-0.25, -0.2) is 9.78 Å². The molecule has 8 nitrogen and oxygen atoms in total. The normalized spacial score (nSPS) is 18.1. The highest BCUT2D eigenvalue weighted by Gasteiger charge is 2.54. The largest absolute Gasteiger partial charge is 0.459 e. The number of imide groups is 1. The van der Waals surface area contributed by atoms with E-state index in [4.69, 9.17) is 4.74 Å². The first-order valence-corrected chi connectivity index (χ1v) is 10.9. The lowest BCUT2D eigenvalue weighted by atomic mass is 9.87. The highest BCUT2D eigenvalue weighted by atomic mass is 16.5. The number of fused-ring (bicyclic) bond motifs is 2. The lowest BCUT2D eigenvalue weighted by molar-refractivity contribution is -0.164. The minimum Gasteiger partial charge on any atom is -0.459 e. The minimum atomic E-state index is -2.04. The molecule has 1 N–H and O–H groups in total. The Bertz CT molecular complexity index is 1530. The molecule has 1 fully saturated rings. The molecule has 8 heteroatoms. The number of nitrogens with zero attached hydrogens (tertiary/aromatic N) is 2. The fraction of sp³-hybridized carbons (Fsp3) is 0.192. The van der Waals surface area contributed by atoms with Gasteiger partial charge in [0.1, 0.15) is 12.4 Å². The van der Waals surface area contributed by atoms with Crippen LogP contribution in [0.1, 0.15) is 24.2 Å². The quantitative estimate of drug-likeness (QED) is 0.219. The topological polar surface area (TPSA) is 107 Å². The van der Waals surface area contributed by atoms with Crippen LogP contribution in [0.4, 0.5) is 0 Å². The molecule has 1 aromatic heterocycles. The number of ether oxygens (including phenoxy) is 1. The third-order valence-electron chi connectivity index (χ3n) is 6.18. The number of hydrogen-bond acceptors (Lipinski definition) is 6. The van der Waals surface area contributed by atoms with Gasteiger partial charge in [-0.05, 0) is 41.8 Å². The van der Waals surface area contributed by atoms with Crippen LogP contribution in [0.15, 0.2) is 71.5 Å². The summed E-state index contributed by atoms with van der Waals surface area (Å²) >= 11 is 0. The smallest absolute Gasteiger partial charge is 0.342 e. The predicted octanol–water partition coefficient (Wildman–Crippen LogP) is 2.73. The van der Waals surface area contributed by atoms with Gasteiger partial charge in [-0.3, -0.25) is 24.3 Å². The molecule has 2 amide bonds. The maximum absolute atomic E-state index is 13.8. The average Bonchev–Trinajstić information content (AvgIpc) is 2.83. The van der Waals surface area contributed by atoms with Gasteiger partial charge in [0, 0.05) is 6.42 Å². The fourth-order valence-corrected chi connectivity index (χ4v) is 4.48. The number of aryl methyl sites for hydroxylation is 1. The standard InChI is InChI=1S/C26H21N3O5/c1-16-27-21-14-19-10-6-5-9-18(19)13-20(21)23(31)29(16)26(12-11-22(30)28-24(26)32)25(33)34-15-17-7-3-2-4-8-17/h2-10,13-14H,11-12,15H2,1H3,(H,28,30,32)/t26-/m0/s1. The van der Waals surface area contributed by atoms with Gasteiger partial charge in [0.15, 0.2) is 0 Å². The summed E-state index contributed by atoms with van der Waals surface area (Å²) in [6.07, 6.45) is -0.319. The minimum absolute atomic E-state index is 0.0813. The van der Waals surface area contributed by atoms with Crippen LogP contribution in [0.25, 0.3) is 21.7 Å². The number of esters is 1. The van der Waals surface area contributed by atoms with Crippen molar-refractivity contribution in [1.82, 2.24) is 14.9 Å². The number of benzene rings is 3. The van der Waals surface area contributed by atoms with E-state index in [0.717, 1.165) is 20.9 Å². The van der Waals surface area contributed by atoms with Crippen LogP contribution in [-0.4, -0.2) is 27.3 Å². The van der Waals surface area contributed by atoms with Crippen LogP contribution in [-0.2, 0) is 31.3 Å². The van der Waals surface area contributed by atoms with Crippen molar-refractivity contribution < 1.29 is 19.1 Å². The second-order valence-electron chi connectivity index (χ2n) is 8.32. The Labute approximate surface area is 194 Å². The van der Waals surface area contributed by atoms with Crippen molar-refractivity contribution in [2.45, 2.75) is 31.9 Å². The molecule has 1 aliphatic heterocycles. The van der Waals surface area contributed by atoms with Crippen LogP contribution in [0.3, 0.4) is 0 Å². The molecule has 0 aliphatic carbocycles. The van der Waals surface area contributed by atoms with E-state index < -0.39 is 28.9 Å². The Balaban J connectivity index is 1.68. The number of hydrogen-bond donors (Lipinski definition) is 1. The molecule has 1 saturated heterocycles. The van der Waals surface area contributed by atoms with Gasteiger partial charge >= 0.3 is 5.97 Å². The monoisotopic (exact) mass is 455 g/mol. The molecule has 34 heavy (non-hydrogen) atoms. The molecule has 1 aliphatic rings. The first-order valence-electron chi connectivity index (χ1n) is 10.9. The Hall–Kier alpha value is -4.33. The van der Waals surface area contributed by atoms with Crippen molar-refractivity contribution in [3.63, 3.8) is 0 Å². The summed E-state index contributed by atoms with van der Waals surface area (Å²) in [7, 11) is 0. The summed E-state index contributed by atoms with van der Waals surface area (Å²) in [5.41, 5.74) is -1.41. The summed E-state index contributed by atoms with van der Waals surface area (Å²) in [5, 5.41) is 4.22. The molecule has 0 unspecified atom stereocenters. The molecule has 0 spiro atoms. The third kappa shape index (κ3) is 3.44. The zero-order chi connectivity index (χ0) is 23.9. The van der Waals surface area contributed by atoms with Crippen LogP contribution in [0.2, 0.25) is 0 Å². The highest BCUT2D eigenvalue weighted by Crippen LogP contribution is 2.30. The van der Waals surface area contributed by atoms with Gasteiger partial charge in [0.2, 0.25) is 11.4 Å². The Kier molecular flexibility index (Phi) is 5.20. The summed E-state index contributed by atoms with van der Waals surface area (Å²) in [6, 6.07) is 20.0. The molecule has 0 bridgehead atoms. The number of aromatic nitrogens is 2. The van der Waals surface area contributed by atoms with Crippen molar-refractivity contribution >= 4 is 39.5 Å². The summed E-state index contributed by atoms with van der Waals surface area (Å²) < 4.78 is 6.61. The fourth-order valence-electron chi connectivity index (χ4n) is 4.48. The van der Waals surface area contributed by atoms with Gasteiger partial charge in [-0.1, -0.05) is 54.6 Å². The van der Waals surface area contributed by atoms with E-state index in [1.54, 1.807) is 43.3 Å². The van der Waals surface area contributed by atoms with E-state index in [0.29, 0.717) is 5.52 Å². The lowest BCUT2D eigenvalue weighted by Crippen LogP contribution is -2.62. The predicted molar refractivity (Wildman–Crippen MR) is 125 cm³/mol. The first kappa shape index (κ1) is 21.5. The van der Waals surface area contributed by atoms with Crippen molar-refractivity contribution in [3.8, 4) is 0 Å². The SMILES string of the molecule is Cc1nc2cc3ccccc3cc2c(=O)n1[C@@]1(C(=O)OCc2ccccc2)CCC(=O)NC1=O. The van der Waals surface area contributed by atoms with Gasteiger partial charge in [-0.15, -0.1) is 0 Å². The molecule has 3 aromatic carbocycles. The van der Waals surface area contributed by atoms with E-state index in [1.807, 2.05) is 30.3 Å². The summed E-state index contributed by atoms with van der Waals surface area (Å²) in [6.45, 7) is 1.48. The molecule has 5 rings (SSSR count). The van der Waals surface area contributed by atoms with E-state index >= 15 is 0 Å². The van der Waals surface area contributed by atoms with E-state index in [1.165, 1.54) is 0 Å². The maximum Gasteiger partial charge on any atom is 0.342 e. The molecule has 0 radical (unpaired) electrons. The molecular formula is C26H21N3O5. The number of carbonyl (C=O) groups excluding carboxylic acids is 3. The molecular weight excluding hydrogens is 434 g/mol. The maximum atomic E-state index is 13.8. The van der Waals surface area contributed by atoms with Gasteiger partial charge < -0.3 is 4.74 Å². The second-order valence-corrected chi connectivity index (χ2v) is 8.32. The molecule has 170 valence electrons. The molecule has 4 aromatic rings. The van der Waals surface area contributed by atoms with Gasteiger partial charge in [0.05, 0.1) is 10.9 Å². The molecule has 0 saturated carbocycles. The lowest BCUT2D eigenvalue weighted by Gasteiger charge is -2.35. The number of rotatable bonds is 4. The van der Waals surface area contributed by atoms with Crippen LogP contribution < -0.4 is 10.9 Å². The molecule has 1 atom stereocenters. The van der Waals surface area contributed by atoms with Gasteiger partial charge in [0.25, 0.3) is 11.5 Å². The average molecular weight is 455 g/mol. The third-order valence-corrected chi connectivity index (χ3v) is 6.18. The number of piperidine rings is 1. The van der Waals surface area contributed by atoms with Crippen molar-refractivity contribution in [3.05, 3.63) is 88.5 Å². The van der Waals surface area contributed by atoms with Crippen LogP contribution >= 0.6 is 0 Å². The number of amides is 2. The second kappa shape index (κ2) is 8.22.